The van der Waals surface area contributed by atoms with Crippen LogP contribution in [0.3, 0.4) is 0 Å². The number of aliphatic imine (C=N–C) groups is 1. The Morgan fingerprint density at radius 1 is 1.32 bits per heavy atom. The van der Waals surface area contributed by atoms with Gasteiger partial charge >= 0.3 is 0 Å². The van der Waals surface area contributed by atoms with Gasteiger partial charge in [0.1, 0.15) is 0 Å². The topological polar surface area (TPSA) is 67.1 Å². The van der Waals surface area contributed by atoms with Crippen LogP contribution in [0.2, 0.25) is 0 Å². The van der Waals surface area contributed by atoms with E-state index in [1.54, 1.807) is 11.3 Å². The van der Waals surface area contributed by atoms with Gasteiger partial charge in [-0.25, -0.2) is 9.98 Å². The van der Waals surface area contributed by atoms with Crippen LogP contribution >= 0.6 is 11.3 Å². The van der Waals surface area contributed by atoms with Crippen LogP contribution in [-0.4, -0.2) is 33.8 Å². The molecule has 0 saturated carbocycles. The highest BCUT2D eigenvalue weighted by Crippen LogP contribution is 2.19. The molecule has 0 spiro atoms. The summed E-state index contributed by atoms with van der Waals surface area (Å²) in [6, 6.07) is 2.11. The fraction of sp³-hybridized carbons (Fsp3) is 0.611. The molecule has 0 radical (unpaired) electrons. The summed E-state index contributed by atoms with van der Waals surface area (Å²) in [6.45, 7) is 13.8. The third kappa shape index (κ3) is 6.16. The van der Waals surface area contributed by atoms with Crippen LogP contribution in [-0.2, 0) is 13.1 Å². The summed E-state index contributed by atoms with van der Waals surface area (Å²) >= 11 is 1.71. The van der Waals surface area contributed by atoms with Crippen molar-refractivity contribution < 1.29 is 0 Å². The van der Waals surface area contributed by atoms with E-state index in [-0.39, 0.29) is 0 Å². The van der Waals surface area contributed by atoms with E-state index >= 15 is 0 Å². The van der Waals surface area contributed by atoms with Crippen LogP contribution in [0.15, 0.2) is 16.4 Å². The minimum Gasteiger partial charge on any atom is -0.357 e. The molecule has 2 aromatic rings. The van der Waals surface area contributed by atoms with Crippen LogP contribution < -0.4 is 10.6 Å². The minimum absolute atomic E-state index is 0.475. The SMILES string of the molecule is CCNC(=NCc1csc(C(C)C)n1)NCCCn1nc(C)cc1C. The predicted octanol–water partition coefficient (Wildman–Crippen LogP) is 3.23. The van der Waals surface area contributed by atoms with Gasteiger partial charge in [0, 0.05) is 36.6 Å². The Morgan fingerprint density at radius 3 is 2.72 bits per heavy atom. The van der Waals surface area contributed by atoms with Crippen molar-refractivity contribution >= 4 is 17.3 Å². The van der Waals surface area contributed by atoms with Gasteiger partial charge in [-0.2, -0.15) is 5.10 Å². The van der Waals surface area contributed by atoms with Crippen molar-refractivity contribution in [1.29, 1.82) is 0 Å². The Balaban J connectivity index is 1.81. The second kappa shape index (κ2) is 9.56. The highest BCUT2D eigenvalue weighted by Gasteiger charge is 2.06. The second-order valence-corrected chi connectivity index (χ2v) is 7.35. The molecular weight excluding hydrogens is 332 g/mol. The number of guanidine groups is 1. The minimum atomic E-state index is 0.475. The fourth-order valence-corrected chi connectivity index (χ4v) is 3.33. The molecule has 0 unspecified atom stereocenters. The number of rotatable bonds is 8. The Hall–Kier alpha value is -1.89. The van der Waals surface area contributed by atoms with Gasteiger partial charge in [-0.3, -0.25) is 4.68 Å². The van der Waals surface area contributed by atoms with Gasteiger partial charge in [0.15, 0.2) is 5.96 Å². The van der Waals surface area contributed by atoms with Crippen LogP contribution in [0.1, 0.15) is 55.2 Å². The van der Waals surface area contributed by atoms with Crippen molar-refractivity contribution in [1.82, 2.24) is 25.4 Å². The van der Waals surface area contributed by atoms with Gasteiger partial charge < -0.3 is 10.6 Å². The van der Waals surface area contributed by atoms with E-state index < -0.39 is 0 Å². The van der Waals surface area contributed by atoms with E-state index in [9.17, 15) is 0 Å². The van der Waals surface area contributed by atoms with Gasteiger partial charge in [-0.05, 0) is 33.3 Å². The predicted molar refractivity (Wildman–Crippen MR) is 105 cm³/mol. The second-order valence-electron chi connectivity index (χ2n) is 6.46. The number of aryl methyl sites for hydroxylation is 3. The van der Waals surface area contributed by atoms with E-state index in [0.29, 0.717) is 12.5 Å². The van der Waals surface area contributed by atoms with Gasteiger partial charge in [-0.1, -0.05) is 13.8 Å². The Labute approximate surface area is 154 Å². The largest absolute Gasteiger partial charge is 0.357 e. The third-order valence-corrected chi connectivity index (χ3v) is 4.94. The molecule has 0 aliphatic carbocycles. The van der Waals surface area contributed by atoms with Crippen molar-refractivity contribution in [2.75, 3.05) is 13.1 Å². The van der Waals surface area contributed by atoms with Gasteiger partial charge in [-0.15, -0.1) is 11.3 Å². The molecule has 2 aromatic heterocycles. The fourth-order valence-electron chi connectivity index (χ4n) is 2.50. The van der Waals surface area contributed by atoms with Gasteiger partial charge in [0.05, 0.1) is 22.9 Å². The Kier molecular flexibility index (Phi) is 7.43. The number of aromatic nitrogens is 3. The Morgan fingerprint density at radius 2 is 2.12 bits per heavy atom. The molecule has 0 saturated heterocycles. The first-order chi connectivity index (χ1) is 12.0. The number of hydrogen-bond acceptors (Lipinski definition) is 4. The molecule has 0 atom stereocenters. The molecule has 2 rings (SSSR count). The van der Waals surface area contributed by atoms with E-state index in [0.717, 1.165) is 43.4 Å². The summed E-state index contributed by atoms with van der Waals surface area (Å²) in [5.41, 5.74) is 3.32. The smallest absolute Gasteiger partial charge is 0.191 e. The molecule has 138 valence electrons. The highest BCUT2D eigenvalue weighted by molar-refractivity contribution is 7.09. The van der Waals surface area contributed by atoms with Crippen molar-refractivity contribution in [2.45, 2.75) is 60.0 Å². The summed E-state index contributed by atoms with van der Waals surface area (Å²) < 4.78 is 2.06. The molecule has 0 bridgehead atoms. The number of thiazole rings is 1. The van der Waals surface area contributed by atoms with Crippen molar-refractivity contribution in [2.24, 2.45) is 4.99 Å². The monoisotopic (exact) mass is 362 g/mol. The van der Waals surface area contributed by atoms with Crippen molar-refractivity contribution in [3.05, 3.63) is 33.5 Å². The highest BCUT2D eigenvalue weighted by atomic mass is 32.1. The number of nitrogens with one attached hydrogen (secondary N) is 2. The quantitative estimate of drug-likeness (QED) is 0.430. The average Bonchev–Trinajstić information content (AvgIpc) is 3.15. The zero-order chi connectivity index (χ0) is 18.2. The normalized spacial score (nSPS) is 12.0. The zero-order valence-corrected chi connectivity index (χ0v) is 16.8. The first kappa shape index (κ1) is 19.4. The van der Waals surface area contributed by atoms with E-state index in [1.165, 1.54) is 10.7 Å². The summed E-state index contributed by atoms with van der Waals surface area (Å²) in [6.07, 6.45) is 1.00. The maximum atomic E-state index is 4.64. The van der Waals surface area contributed by atoms with Gasteiger partial charge in [0.25, 0.3) is 0 Å². The third-order valence-electron chi connectivity index (χ3n) is 3.75. The lowest BCUT2D eigenvalue weighted by molar-refractivity contribution is 0.555. The molecule has 0 amide bonds. The van der Waals surface area contributed by atoms with E-state index in [1.807, 2.05) is 6.92 Å². The first-order valence-corrected chi connectivity index (χ1v) is 9.85. The maximum Gasteiger partial charge on any atom is 0.191 e. The molecule has 0 fully saturated rings. The lowest BCUT2D eigenvalue weighted by Gasteiger charge is -2.11. The molecule has 2 N–H and O–H groups in total. The average molecular weight is 363 g/mol. The van der Waals surface area contributed by atoms with Gasteiger partial charge in [0.2, 0.25) is 0 Å². The molecule has 0 aliphatic heterocycles. The van der Waals surface area contributed by atoms with Crippen molar-refractivity contribution in [3.63, 3.8) is 0 Å². The molecule has 0 aromatic carbocycles. The zero-order valence-electron chi connectivity index (χ0n) is 16.0. The summed E-state index contributed by atoms with van der Waals surface area (Å²) in [7, 11) is 0. The van der Waals surface area contributed by atoms with E-state index in [2.05, 4.69) is 69.5 Å². The summed E-state index contributed by atoms with van der Waals surface area (Å²) in [5, 5.41) is 14.4. The van der Waals surface area contributed by atoms with Crippen LogP contribution in [0, 0.1) is 13.8 Å². The van der Waals surface area contributed by atoms with Crippen LogP contribution in [0.5, 0.6) is 0 Å². The summed E-state index contributed by atoms with van der Waals surface area (Å²) in [5.74, 6) is 1.32. The van der Waals surface area contributed by atoms with Crippen LogP contribution in [0.4, 0.5) is 0 Å². The lowest BCUT2D eigenvalue weighted by atomic mass is 10.2. The molecule has 6 nitrogen and oxygen atoms in total. The Bertz CT molecular complexity index is 686. The first-order valence-electron chi connectivity index (χ1n) is 8.97. The number of hydrogen-bond donors (Lipinski definition) is 2. The molecular formula is C18H30N6S. The molecule has 25 heavy (non-hydrogen) atoms. The molecule has 0 aliphatic rings. The number of nitrogens with zero attached hydrogens (tertiary/aromatic N) is 4. The maximum absolute atomic E-state index is 4.64. The van der Waals surface area contributed by atoms with Crippen molar-refractivity contribution in [3.8, 4) is 0 Å². The summed E-state index contributed by atoms with van der Waals surface area (Å²) in [4.78, 5) is 9.27. The lowest BCUT2D eigenvalue weighted by Crippen LogP contribution is -2.38. The molecule has 2 heterocycles. The van der Waals surface area contributed by atoms with E-state index in [4.69, 9.17) is 0 Å². The molecule has 7 heteroatoms. The van der Waals surface area contributed by atoms with Crippen LogP contribution in [0.25, 0.3) is 0 Å². The standard InChI is InChI=1S/C18H30N6S/c1-6-19-18(21-11-16-12-25-17(22-16)13(2)3)20-8-7-9-24-15(5)10-14(4)23-24/h10,12-13H,6-9,11H2,1-5H3,(H2,19,20,21).